The topological polar surface area (TPSA) is 12.9 Å². The standard InChI is InChI=1S/C9H12ClNS/c1-5(2)6-3-4-7-8(6)11-9(10)12-7/h5-6H,3-4H2,1-2H3/t6-/m1/s1. The summed E-state index contributed by atoms with van der Waals surface area (Å²) < 4.78 is 0.713. The molecule has 1 nitrogen and oxygen atoms in total. The first-order valence-corrected chi connectivity index (χ1v) is 5.53. The second-order valence-electron chi connectivity index (χ2n) is 3.66. The van der Waals surface area contributed by atoms with Crippen LogP contribution in [-0.4, -0.2) is 4.98 Å². The lowest BCUT2D eigenvalue weighted by Crippen LogP contribution is -2.02. The Morgan fingerprint density at radius 3 is 3.00 bits per heavy atom. The predicted octanol–water partition coefficient (Wildman–Crippen LogP) is 3.48. The van der Waals surface area contributed by atoms with E-state index >= 15 is 0 Å². The van der Waals surface area contributed by atoms with Crippen molar-refractivity contribution >= 4 is 22.9 Å². The van der Waals surface area contributed by atoms with Crippen molar-refractivity contribution in [1.29, 1.82) is 0 Å². The van der Waals surface area contributed by atoms with Crippen LogP contribution in [0.3, 0.4) is 0 Å². The summed E-state index contributed by atoms with van der Waals surface area (Å²) in [5.74, 6) is 1.35. The zero-order valence-corrected chi connectivity index (χ0v) is 8.87. The van der Waals surface area contributed by atoms with Crippen LogP contribution < -0.4 is 0 Å². The minimum Gasteiger partial charge on any atom is -0.229 e. The highest BCUT2D eigenvalue weighted by molar-refractivity contribution is 7.15. The molecule has 0 N–H and O–H groups in total. The third kappa shape index (κ3) is 1.27. The summed E-state index contributed by atoms with van der Waals surface area (Å²) in [6.07, 6.45) is 2.45. The summed E-state index contributed by atoms with van der Waals surface area (Å²) in [5, 5.41) is 0. The van der Waals surface area contributed by atoms with Gasteiger partial charge in [0.15, 0.2) is 4.47 Å². The Morgan fingerprint density at radius 2 is 2.33 bits per heavy atom. The normalized spacial score (nSPS) is 21.8. The lowest BCUT2D eigenvalue weighted by atomic mass is 9.94. The molecular weight excluding hydrogens is 190 g/mol. The first-order chi connectivity index (χ1) is 5.68. The van der Waals surface area contributed by atoms with Crippen LogP contribution in [0.4, 0.5) is 0 Å². The summed E-state index contributed by atoms with van der Waals surface area (Å²) in [7, 11) is 0. The smallest absolute Gasteiger partial charge is 0.184 e. The summed E-state index contributed by atoms with van der Waals surface area (Å²) in [6.45, 7) is 4.51. The Morgan fingerprint density at radius 1 is 1.58 bits per heavy atom. The van der Waals surface area contributed by atoms with Crippen molar-refractivity contribution in [3.8, 4) is 0 Å². The van der Waals surface area contributed by atoms with Crippen LogP contribution in [-0.2, 0) is 6.42 Å². The van der Waals surface area contributed by atoms with Gasteiger partial charge in [0.1, 0.15) is 0 Å². The van der Waals surface area contributed by atoms with Crippen molar-refractivity contribution < 1.29 is 0 Å². The Bertz CT molecular complexity index is 293. The molecule has 0 unspecified atom stereocenters. The first kappa shape index (κ1) is 8.52. The number of hydrogen-bond acceptors (Lipinski definition) is 2. The van der Waals surface area contributed by atoms with Gasteiger partial charge in [0.25, 0.3) is 0 Å². The van der Waals surface area contributed by atoms with Crippen LogP contribution in [0, 0.1) is 5.92 Å². The molecule has 0 spiro atoms. The fraction of sp³-hybridized carbons (Fsp3) is 0.667. The molecule has 0 fully saturated rings. The van der Waals surface area contributed by atoms with Crippen molar-refractivity contribution in [3.05, 3.63) is 15.0 Å². The van der Waals surface area contributed by atoms with E-state index in [9.17, 15) is 0 Å². The minimum absolute atomic E-state index is 0.656. The van der Waals surface area contributed by atoms with Gasteiger partial charge in [0.2, 0.25) is 0 Å². The molecule has 2 rings (SSSR count). The molecule has 0 amide bonds. The first-order valence-electron chi connectivity index (χ1n) is 4.33. The van der Waals surface area contributed by atoms with E-state index in [0.29, 0.717) is 16.3 Å². The molecule has 1 heterocycles. The second kappa shape index (κ2) is 3.00. The maximum Gasteiger partial charge on any atom is 0.184 e. The summed E-state index contributed by atoms with van der Waals surface area (Å²) in [4.78, 5) is 5.79. The highest BCUT2D eigenvalue weighted by atomic mass is 35.5. The van der Waals surface area contributed by atoms with Gasteiger partial charge < -0.3 is 0 Å². The fourth-order valence-electron chi connectivity index (χ4n) is 1.87. The molecule has 0 radical (unpaired) electrons. The van der Waals surface area contributed by atoms with Crippen LogP contribution in [0.2, 0.25) is 4.47 Å². The Labute approximate surface area is 81.8 Å². The van der Waals surface area contributed by atoms with Crippen molar-refractivity contribution in [2.75, 3.05) is 0 Å². The van der Waals surface area contributed by atoms with E-state index < -0.39 is 0 Å². The van der Waals surface area contributed by atoms with E-state index in [2.05, 4.69) is 18.8 Å². The number of hydrogen-bond donors (Lipinski definition) is 0. The number of nitrogens with zero attached hydrogens (tertiary/aromatic N) is 1. The van der Waals surface area contributed by atoms with Crippen LogP contribution in [0.15, 0.2) is 0 Å². The fourth-order valence-corrected chi connectivity index (χ4v) is 3.11. The van der Waals surface area contributed by atoms with Crippen molar-refractivity contribution in [2.45, 2.75) is 32.6 Å². The van der Waals surface area contributed by atoms with E-state index in [-0.39, 0.29) is 0 Å². The molecule has 0 aliphatic heterocycles. The van der Waals surface area contributed by atoms with Gasteiger partial charge in [0, 0.05) is 10.8 Å². The third-order valence-electron chi connectivity index (χ3n) is 2.54. The SMILES string of the molecule is CC(C)[C@H]1CCc2sc(Cl)nc21. The van der Waals surface area contributed by atoms with Gasteiger partial charge in [-0.3, -0.25) is 0 Å². The number of aromatic nitrogens is 1. The molecule has 0 saturated heterocycles. The molecule has 0 bridgehead atoms. The zero-order valence-electron chi connectivity index (χ0n) is 7.30. The molecular formula is C9H12ClNS. The molecule has 0 saturated carbocycles. The molecule has 12 heavy (non-hydrogen) atoms. The van der Waals surface area contributed by atoms with Gasteiger partial charge in [-0.15, -0.1) is 11.3 Å². The average molecular weight is 202 g/mol. The van der Waals surface area contributed by atoms with E-state index in [1.54, 1.807) is 11.3 Å². The molecule has 1 atom stereocenters. The zero-order chi connectivity index (χ0) is 8.72. The minimum atomic E-state index is 0.656. The Kier molecular flexibility index (Phi) is 2.13. The predicted molar refractivity (Wildman–Crippen MR) is 53.0 cm³/mol. The molecule has 1 aliphatic rings. The van der Waals surface area contributed by atoms with Crippen molar-refractivity contribution in [3.63, 3.8) is 0 Å². The summed E-state index contributed by atoms with van der Waals surface area (Å²) in [6, 6.07) is 0. The van der Waals surface area contributed by atoms with Gasteiger partial charge >= 0.3 is 0 Å². The lowest BCUT2D eigenvalue weighted by Gasteiger charge is -2.12. The van der Waals surface area contributed by atoms with Gasteiger partial charge in [-0.05, 0) is 18.8 Å². The maximum absolute atomic E-state index is 5.86. The third-order valence-corrected chi connectivity index (χ3v) is 3.78. The van der Waals surface area contributed by atoms with Crippen LogP contribution in [0.1, 0.15) is 36.8 Å². The maximum atomic E-state index is 5.86. The van der Waals surface area contributed by atoms with Gasteiger partial charge in [0.05, 0.1) is 5.69 Å². The van der Waals surface area contributed by atoms with Crippen LogP contribution in [0.25, 0.3) is 0 Å². The van der Waals surface area contributed by atoms with Crippen LogP contribution in [0.5, 0.6) is 0 Å². The second-order valence-corrected chi connectivity index (χ2v) is 5.33. The largest absolute Gasteiger partial charge is 0.229 e. The number of aryl methyl sites for hydroxylation is 1. The number of thiazole rings is 1. The van der Waals surface area contributed by atoms with Gasteiger partial charge in [-0.25, -0.2) is 4.98 Å². The number of rotatable bonds is 1. The number of halogens is 1. The van der Waals surface area contributed by atoms with E-state index in [1.807, 2.05) is 0 Å². The quantitative estimate of drug-likeness (QED) is 0.678. The summed E-state index contributed by atoms with van der Waals surface area (Å²) >= 11 is 7.51. The number of fused-ring (bicyclic) bond motifs is 1. The van der Waals surface area contributed by atoms with E-state index in [1.165, 1.54) is 23.4 Å². The molecule has 1 aromatic rings. The van der Waals surface area contributed by atoms with Crippen LogP contribution >= 0.6 is 22.9 Å². The highest BCUT2D eigenvalue weighted by Gasteiger charge is 2.28. The van der Waals surface area contributed by atoms with Crippen molar-refractivity contribution in [2.24, 2.45) is 5.92 Å². The molecule has 1 aliphatic carbocycles. The monoisotopic (exact) mass is 201 g/mol. The van der Waals surface area contributed by atoms with E-state index in [4.69, 9.17) is 11.6 Å². The lowest BCUT2D eigenvalue weighted by molar-refractivity contribution is 0.488. The van der Waals surface area contributed by atoms with Gasteiger partial charge in [-0.1, -0.05) is 25.4 Å². The van der Waals surface area contributed by atoms with Crippen molar-refractivity contribution in [1.82, 2.24) is 4.98 Å². The average Bonchev–Trinajstić information content (AvgIpc) is 2.43. The molecule has 66 valence electrons. The summed E-state index contributed by atoms with van der Waals surface area (Å²) in [5.41, 5.74) is 1.28. The molecule has 0 aromatic carbocycles. The molecule has 3 heteroatoms. The van der Waals surface area contributed by atoms with Gasteiger partial charge in [-0.2, -0.15) is 0 Å². The molecule has 1 aromatic heterocycles. The highest BCUT2D eigenvalue weighted by Crippen LogP contribution is 2.41. The van der Waals surface area contributed by atoms with E-state index in [0.717, 1.165) is 0 Å². The Balaban J connectivity index is 2.34. The Hall–Kier alpha value is -0.0800.